The Balaban J connectivity index is 2.20. The first-order chi connectivity index (χ1) is 9.81. The van der Waals surface area contributed by atoms with E-state index < -0.39 is 54.1 Å². The second-order valence-corrected chi connectivity index (χ2v) is 4.43. The monoisotopic (exact) mass is 306 g/mol. The molecular weight excluding hydrogens is 294 g/mol. The second-order valence-electron chi connectivity index (χ2n) is 4.43. The van der Waals surface area contributed by atoms with Crippen LogP contribution >= 0.6 is 0 Å². The molecule has 0 aromatic heterocycles. The van der Waals surface area contributed by atoms with Gasteiger partial charge in [0.25, 0.3) is 0 Å². The maximum Gasteiger partial charge on any atom is 0.335 e. The van der Waals surface area contributed by atoms with E-state index in [1.807, 2.05) is 0 Å². The highest BCUT2D eigenvalue weighted by Crippen LogP contribution is 2.26. The van der Waals surface area contributed by atoms with E-state index in [0.717, 1.165) is 12.1 Å². The average molecular weight is 306 g/mol. The number of hydrogen-bond acceptors (Lipinski definition) is 6. The van der Waals surface area contributed by atoms with E-state index in [1.165, 1.54) is 0 Å². The van der Waals surface area contributed by atoms with Gasteiger partial charge < -0.3 is 29.9 Å². The molecule has 9 heteroatoms. The summed E-state index contributed by atoms with van der Waals surface area (Å²) in [6, 6.07) is 2.31. The van der Waals surface area contributed by atoms with Crippen molar-refractivity contribution < 1.29 is 43.5 Å². The number of aliphatic hydroxyl groups excluding tert-OH is 3. The van der Waals surface area contributed by atoms with Gasteiger partial charge in [-0.2, -0.15) is 0 Å². The van der Waals surface area contributed by atoms with Crippen molar-refractivity contribution in [3.63, 3.8) is 0 Å². The standard InChI is InChI=1S/C12H12F2O7/c13-4-1-2-6(5(14)3-4)20-12-9(17)7(15)8(16)10(21-12)11(18)19/h1-3,7-10,12,15-17H,(H,18,19). The Hall–Kier alpha value is -1.81. The average Bonchev–Trinajstić information content (AvgIpc) is 2.41. The Morgan fingerprint density at radius 1 is 1.14 bits per heavy atom. The van der Waals surface area contributed by atoms with Crippen LogP contribution in [0.1, 0.15) is 0 Å². The van der Waals surface area contributed by atoms with Crippen molar-refractivity contribution in [2.75, 3.05) is 0 Å². The summed E-state index contributed by atoms with van der Waals surface area (Å²) in [5.74, 6) is -4.06. The van der Waals surface area contributed by atoms with E-state index in [0.29, 0.717) is 6.07 Å². The van der Waals surface area contributed by atoms with Gasteiger partial charge in [0.05, 0.1) is 0 Å². The third kappa shape index (κ3) is 3.10. The van der Waals surface area contributed by atoms with Gasteiger partial charge in [-0.05, 0) is 12.1 Å². The number of halogens is 2. The highest BCUT2D eigenvalue weighted by molar-refractivity contribution is 5.73. The molecule has 5 atom stereocenters. The first kappa shape index (κ1) is 15.6. The molecule has 0 spiro atoms. The van der Waals surface area contributed by atoms with Crippen molar-refractivity contribution in [3.05, 3.63) is 29.8 Å². The quantitative estimate of drug-likeness (QED) is 0.580. The fourth-order valence-corrected chi connectivity index (χ4v) is 1.85. The Kier molecular flexibility index (Phi) is 4.37. The molecule has 0 radical (unpaired) electrons. The lowest BCUT2D eigenvalue weighted by atomic mass is 9.99. The predicted molar refractivity (Wildman–Crippen MR) is 61.3 cm³/mol. The summed E-state index contributed by atoms with van der Waals surface area (Å²) in [6.45, 7) is 0. The minimum Gasteiger partial charge on any atom is -0.479 e. The van der Waals surface area contributed by atoms with Gasteiger partial charge >= 0.3 is 5.97 Å². The van der Waals surface area contributed by atoms with Crippen molar-refractivity contribution in [1.29, 1.82) is 0 Å². The number of ether oxygens (including phenoxy) is 2. The SMILES string of the molecule is O=C(O)C1OC(Oc2ccc(F)cc2F)C(O)C(O)C1O. The molecule has 1 aliphatic rings. The Labute approximate surface area is 117 Å². The molecule has 1 aromatic carbocycles. The fraction of sp³-hybridized carbons (Fsp3) is 0.417. The second kappa shape index (κ2) is 5.90. The molecule has 21 heavy (non-hydrogen) atoms. The first-order valence-electron chi connectivity index (χ1n) is 5.85. The summed E-state index contributed by atoms with van der Waals surface area (Å²) in [7, 11) is 0. The van der Waals surface area contributed by atoms with E-state index in [-0.39, 0.29) is 0 Å². The molecule has 0 bridgehead atoms. The van der Waals surface area contributed by atoms with Gasteiger partial charge in [0, 0.05) is 6.07 Å². The van der Waals surface area contributed by atoms with Gasteiger partial charge in [-0.15, -0.1) is 0 Å². The van der Waals surface area contributed by atoms with E-state index >= 15 is 0 Å². The van der Waals surface area contributed by atoms with Crippen LogP contribution in [0.15, 0.2) is 18.2 Å². The molecule has 5 unspecified atom stereocenters. The molecule has 0 aliphatic carbocycles. The smallest absolute Gasteiger partial charge is 0.335 e. The summed E-state index contributed by atoms with van der Waals surface area (Å²) in [5.41, 5.74) is 0. The van der Waals surface area contributed by atoms with E-state index in [2.05, 4.69) is 0 Å². The summed E-state index contributed by atoms with van der Waals surface area (Å²) in [5, 5.41) is 37.5. The maximum absolute atomic E-state index is 13.4. The van der Waals surface area contributed by atoms with Crippen LogP contribution in [0.25, 0.3) is 0 Å². The number of aliphatic hydroxyl groups is 3. The van der Waals surface area contributed by atoms with Gasteiger partial charge in [0.15, 0.2) is 17.7 Å². The van der Waals surface area contributed by atoms with Crippen LogP contribution in [0.3, 0.4) is 0 Å². The molecule has 1 aliphatic heterocycles. The van der Waals surface area contributed by atoms with Gasteiger partial charge in [0.2, 0.25) is 6.29 Å². The largest absolute Gasteiger partial charge is 0.479 e. The number of carboxylic acid groups (broad SMARTS) is 1. The molecule has 0 amide bonds. The number of carboxylic acids is 1. The zero-order valence-corrected chi connectivity index (χ0v) is 10.4. The highest BCUT2D eigenvalue weighted by Gasteiger charge is 2.48. The molecule has 116 valence electrons. The predicted octanol–water partition coefficient (Wildman–Crippen LogP) is -0.764. The lowest BCUT2D eigenvalue weighted by molar-refractivity contribution is -0.271. The van der Waals surface area contributed by atoms with E-state index in [4.69, 9.17) is 14.6 Å². The molecule has 1 aromatic rings. The molecule has 1 saturated heterocycles. The molecular formula is C12H12F2O7. The van der Waals surface area contributed by atoms with Crippen LogP contribution in [-0.4, -0.2) is 57.1 Å². The zero-order valence-electron chi connectivity index (χ0n) is 10.4. The van der Waals surface area contributed by atoms with Crippen LogP contribution in [-0.2, 0) is 9.53 Å². The van der Waals surface area contributed by atoms with Gasteiger partial charge in [0.1, 0.15) is 24.1 Å². The van der Waals surface area contributed by atoms with Crippen molar-refractivity contribution in [3.8, 4) is 5.75 Å². The van der Waals surface area contributed by atoms with Gasteiger partial charge in [-0.25, -0.2) is 13.6 Å². The van der Waals surface area contributed by atoms with Crippen molar-refractivity contribution in [2.45, 2.75) is 30.7 Å². The van der Waals surface area contributed by atoms with Gasteiger partial charge in [-0.1, -0.05) is 0 Å². The number of aliphatic carboxylic acids is 1. The summed E-state index contributed by atoms with van der Waals surface area (Å²) in [4.78, 5) is 10.9. The van der Waals surface area contributed by atoms with Crippen LogP contribution in [0, 0.1) is 11.6 Å². The number of benzene rings is 1. The third-order valence-electron chi connectivity index (χ3n) is 2.95. The summed E-state index contributed by atoms with van der Waals surface area (Å²) >= 11 is 0. The van der Waals surface area contributed by atoms with Crippen LogP contribution < -0.4 is 4.74 Å². The molecule has 4 N–H and O–H groups in total. The Morgan fingerprint density at radius 3 is 2.38 bits per heavy atom. The molecule has 1 fully saturated rings. The fourth-order valence-electron chi connectivity index (χ4n) is 1.85. The molecule has 7 nitrogen and oxygen atoms in total. The van der Waals surface area contributed by atoms with Crippen molar-refractivity contribution in [1.82, 2.24) is 0 Å². The normalized spacial score (nSPS) is 32.7. The Bertz CT molecular complexity index is 538. The van der Waals surface area contributed by atoms with Gasteiger partial charge in [-0.3, -0.25) is 0 Å². The van der Waals surface area contributed by atoms with E-state index in [9.17, 15) is 28.9 Å². The van der Waals surface area contributed by atoms with Crippen LogP contribution in [0.4, 0.5) is 8.78 Å². The van der Waals surface area contributed by atoms with Crippen molar-refractivity contribution in [2.24, 2.45) is 0 Å². The topological polar surface area (TPSA) is 116 Å². The minimum atomic E-state index is -1.88. The Morgan fingerprint density at radius 2 is 1.81 bits per heavy atom. The summed E-state index contributed by atoms with van der Waals surface area (Å²) in [6.07, 6.45) is -9.18. The lowest BCUT2D eigenvalue weighted by Crippen LogP contribution is -2.61. The molecule has 2 rings (SSSR count). The third-order valence-corrected chi connectivity index (χ3v) is 2.95. The summed E-state index contributed by atoms with van der Waals surface area (Å²) < 4.78 is 35.9. The van der Waals surface area contributed by atoms with Crippen LogP contribution in [0.5, 0.6) is 5.75 Å². The number of rotatable bonds is 3. The maximum atomic E-state index is 13.4. The first-order valence-corrected chi connectivity index (χ1v) is 5.85. The van der Waals surface area contributed by atoms with E-state index in [1.54, 1.807) is 0 Å². The number of carbonyl (C=O) groups is 1. The highest BCUT2D eigenvalue weighted by atomic mass is 19.1. The molecule has 1 heterocycles. The minimum absolute atomic E-state index is 0.506. The van der Waals surface area contributed by atoms with Crippen LogP contribution in [0.2, 0.25) is 0 Å². The molecule has 0 saturated carbocycles. The lowest BCUT2D eigenvalue weighted by Gasteiger charge is -2.38. The number of hydrogen-bond donors (Lipinski definition) is 4. The van der Waals surface area contributed by atoms with Crippen molar-refractivity contribution >= 4 is 5.97 Å². The zero-order chi connectivity index (χ0) is 15.7.